The van der Waals surface area contributed by atoms with Crippen molar-refractivity contribution in [3.8, 4) is 17.2 Å². The molecule has 0 saturated heterocycles. The number of benzene rings is 2. The molecule has 2 fully saturated rings. The van der Waals surface area contributed by atoms with Gasteiger partial charge >= 0.3 is 11.9 Å². The van der Waals surface area contributed by atoms with E-state index in [1.54, 1.807) is 0 Å². The quantitative estimate of drug-likeness (QED) is 0.0504. The van der Waals surface area contributed by atoms with Gasteiger partial charge in [0.05, 0.1) is 30.3 Å². The van der Waals surface area contributed by atoms with Crippen LogP contribution in [0.2, 0.25) is 0 Å². The minimum absolute atomic E-state index is 0.00670. The SMILES string of the molecule is C=C1c2cccc(OC(=O)c3cc(OC(=O)CCCO[N+](=O)[O-])ccc3O)c2C(=O)C2C(=O)[C@]3(O)C(=O)C(C(N)=O)C(O)[C@@H](N(C)C)C3[C@@H](O)C12. The summed E-state index contributed by atoms with van der Waals surface area (Å²) < 4.78 is 10.6. The summed E-state index contributed by atoms with van der Waals surface area (Å²) in [6.07, 6.45) is -4.00. The molecule has 2 aromatic rings. The fraction of sp³-hybridized carbons (Fsp3) is 0.394. The van der Waals surface area contributed by atoms with E-state index in [9.17, 15) is 59.3 Å². The van der Waals surface area contributed by atoms with E-state index in [-0.39, 0.29) is 41.9 Å². The molecule has 2 saturated carbocycles. The van der Waals surface area contributed by atoms with Gasteiger partial charge in [0, 0.05) is 24.3 Å². The molecule has 51 heavy (non-hydrogen) atoms. The Morgan fingerprint density at radius 2 is 1.75 bits per heavy atom. The number of nitrogens with two attached hydrogens (primary N) is 1. The number of phenolic OH excluding ortho intramolecular Hbond substituents is 1. The van der Waals surface area contributed by atoms with E-state index in [0.717, 1.165) is 18.2 Å². The summed E-state index contributed by atoms with van der Waals surface area (Å²) in [4.78, 5) is 95.5. The first-order valence-corrected chi connectivity index (χ1v) is 15.5. The van der Waals surface area contributed by atoms with Crippen molar-refractivity contribution in [2.45, 2.75) is 36.7 Å². The molecule has 2 aromatic carbocycles. The van der Waals surface area contributed by atoms with Gasteiger partial charge < -0.3 is 45.4 Å². The fourth-order valence-corrected chi connectivity index (χ4v) is 7.29. The first-order chi connectivity index (χ1) is 23.9. The maximum atomic E-state index is 14.2. The number of fused-ring (bicyclic) bond motifs is 3. The zero-order valence-corrected chi connectivity index (χ0v) is 27.1. The standard InChI is InChI=1S/C33H33N3O15/c1-13-15-6-4-7-18(51-32(45)16-12-14(9-10-17(16)37)50-19(38)8-5-11-49-36(47)48)21(15)26(39)22-20(13)27(40)24-25(35(2)3)28(41)23(31(34)44)30(43)33(24,46)29(22)42/h4,6-7,9-10,12,20,22-25,27-28,37,40-41,46H,1,5,8,11H2,2-3H3,(H2,34,44)/t20?,22?,23?,24?,25-,27-,28?,33-/m0/s1. The van der Waals surface area contributed by atoms with E-state index in [0.29, 0.717) is 0 Å². The largest absolute Gasteiger partial charge is 0.507 e. The Morgan fingerprint density at radius 3 is 2.37 bits per heavy atom. The molecule has 0 radical (unpaired) electrons. The Hall–Kier alpha value is -5.56. The maximum absolute atomic E-state index is 14.2. The van der Waals surface area contributed by atoms with Gasteiger partial charge in [-0.1, -0.05) is 18.7 Å². The summed E-state index contributed by atoms with van der Waals surface area (Å²) in [6, 6.07) is 5.75. The van der Waals surface area contributed by atoms with E-state index in [1.165, 1.54) is 37.2 Å². The third kappa shape index (κ3) is 6.11. The molecule has 6 N–H and O–H groups in total. The monoisotopic (exact) mass is 711 g/mol. The number of ketones is 3. The van der Waals surface area contributed by atoms with Crippen molar-refractivity contribution >= 4 is 40.8 Å². The van der Waals surface area contributed by atoms with Gasteiger partial charge in [-0.25, -0.2) is 4.79 Å². The van der Waals surface area contributed by atoms with Gasteiger partial charge in [-0.15, -0.1) is 10.1 Å². The molecule has 0 spiro atoms. The zero-order chi connectivity index (χ0) is 37.7. The zero-order valence-electron chi connectivity index (χ0n) is 27.1. The molecule has 18 nitrogen and oxygen atoms in total. The first-order valence-electron chi connectivity index (χ1n) is 15.5. The second kappa shape index (κ2) is 13.6. The van der Waals surface area contributed by atoms with E-state index in [2.05, 4.69) is 11.4 Å². The van der Waals surface area contributed by atoms with Crippen molar-refractivity contribution in [2.75, 3.05) is 20.7 Å². The van der Waals surface area contributed by atoms with Crippen LogP contribution >= 0.6 is 0 Å². The number of aliphatic hydroxyl groups excluding tert-OH is 2. The molecule has 0 bridgehead atoms. The van der Waals surface area contributed by atoms with Gasteiger partial charge in [-0.3, -0.25) is 24.0 Å². The molecular formula is C33H33N3O15. The van der Waals surface area contributed by atoms with Gasteiger partial charge in [0.15, 0.2) is 23.0 Å². The van der Waals surface area contributed by atoms with Gasteiger partial charge in [-0.2, -0.15) is 0 Å². The number of hydrogen-bond donors (Lipinski definition) is 5. The van der Waals surface area contributed by atoms with Crippen molar-refractivity contribution < 1.29 is 68.6 Å². The normalized spacial score (nSPS) is 28.3. The number of aromatic hydroxyl groups is 1. The van der Waals surface area contributed by atoms with Crippen LogP contribution < -0.4 is 15.2 Å². The van der Waals surface area contributed by atoms with Crippen molar-refractivity contribution in [3.63, 3.8) is 0 Å². The highest BCUT2D eigenvalue weighted by Crippen LogP contribution is 2.54. The van der Waals surface area contributed by atoms with Crippen LogP contribution in [0.3, 0.4) is 0 Å². The highest BCUT2D eigenvalue weighted by atomic mass is 16.9. The van der Waals surface area contributed by atoms with Crippen molar-refractivity contribution in [1.82, 2.24) is 4.90 Å². The number of ether oxygens (including phenoxy) is 2. The van der Waals surface area contributed by atoms with Gasteiger partial charge in [0.1, 0.15) is 28.7 Å². The number of carbonyl (C=O) groups is 6. The van der Waals surface area contributed by atoms with Crippen LogP contribution in [0.4, 0.5) is 0 Å². The lowest BCUT2D eigenvalue weighted by Crippen LogP contribution is -2.78. The number of carbonyl (C=O) groups excluding carboxylic acids is 6. The van der Waals surface area contributed by atoms with E-state index in [1.807, 2.05) is 0 Å². The Morgan fingerprint density at radius 1 is 1.06 bits per heavy atom. The molecule has 3 aliphatic carbocycles. The third-order valence-corrected chi connectivity index (χ3v) is 9.50. The Kier molecular flexibility index (Phi) is 9.81. The van der Waals surface area contributed by atoms with E-state index >= 15 is 0 Å². The summed E-state index contributed by atoms with van der Waals surface area (Å²) in [7, 11) is 2.86. The number of aliphatic hydroxyl groups is 3. The number of phenols is 1. The summed E-state index contributed by atoms with van der Waals surface area (Å²) >= 11 is 0. The summed E-state index contributed by atoms with van der Waals surface area (Å²) in [5.74, 6) is -15.7. The predicted molar refractivity (Wildman–Crippen MR) is 168 cm³/mol. The van der Waals surface area contributed by atoms with Gasteiger partial charge in [0.25, 0.3) is 5.09 Å². The van der Waals surface area contributed by atoms with Crippen molar-refractivity contribution in [3.05, 3.63) is 69.8 Å². The number of primary amides is 1. The number of Topliss-reactive ketones (excluding diaryl/α,β-unsaturated/α-hetero) is 3. The third-order valence-electron chi connectivity index (χ3n) is 9.50. The minimum Gasteiger partial charge on any atom is -0.507 e. The van der Waals surface area contributed by atoms with Crippen LogP contribution in [-0.4, -0.2) is 110 Å². The first kappa shape index (κ1) is 36.7. The smallest absolute Gasteiger partial charge is 0.347 e. The molecule has 5 rings (SSSR count). The van der Waals surface area contributed by atoms with Gasteiger partial charge in [0.2, 0.25) is 5.91 Å². The lowest BCUT2D eigenvalue weighted by Gasteiger charge is -2.57. The van der Waals surface area contributed by atoms with E-state index in [4.69, 9.17) is 15.2 Å². The molecule has 0 heterocycles. The fourth-order valence-electron chi connectivity index (χ4n) is 7.29. The highest BCUT2D eigenvalue weighted by Gasteiger charge is 2.72. The number of nitrogens with zero attached hydrogens (tertiary/aromatic N) is 2. The number of hydrogen-bond acceptors (Lipinski definition) is 16. The maximum Gasteiger partial charge on any atom is 0.347 e. The average Bonchev–Trinajstić information content (AvgIpc) is 3.05. The molecule has 1 amide bonds. The highest BCUT2D eigenvalue weighted by molar-refractivity contribution is 6.27. The summed E-state index contributed by atoms with van der Waals surface area (Å²) in [5.41, 5.74) is 1.41. The molecule has 3 aliphatic rings. The molecule has 8 atom stereocenters. The number of rotatable bonds is 10. The molecule has 0 aliphatic heterocycles. The molecule has 0 aromatic heterocycles. The Labute approximate surface area is 288 Å². The topological polar surface area (TPSA) is 283 Å². The van der Waals surface area contributed by atoms with Crippen LogP contribution in [0.25, 0.3) is 5.57 Å². The lowest BCUT2D eigenvalue weighted by atomic mass is 9.50. The predicted octanol–water partition coefficient (Wildman–Crippen LogP) is -0.787. The van der Waals surface area contributed by atoms with E-state index < -0.39 is 105 Å². The number of esters is 2. The number of likely N-dealkylation sites (N-methyl/N-ethyl adjacent to an activating group) is 1. The second-order valence-electron chi connectivity index (χ2n) is 12.6. The molecular weight excluding hydrogens is 678 g/mol. The summed E-state index contributed by atoms with van der Waals surface area (Å²) in [6.45, 7) is 3.62. The minimum atomic E-state index is -3.14. The average molecular weight is 712 g/mol. The lowest BCUT2D eigenvalue weighted by molar-refractivity contribution is -0.757. The summed E-state index contributed by atoms with van der Waals surface area (Å²) in [5, 5.41) is 54.2. The molecule has 5 unspecified atom stereocenters. The second-order valence-corrected chi connectivity index (χ2v) is 12.6. The number of amides is 1. The van der Waals surface area contributed by atoms with Crippen LogP contribution in [0.1, 0.15) is 39.1 Å². The Balaban J connectivity index is 1.47. The van der Waals surface area contributed by atoms with Crippen LogP contribution in [-0.2, 0) is 24.0 Å². The van der Waals surface area contributed by atoms with Crippen LogP contribution in [0, 0.1) is 33.8 Å². The van der Waals surface area contributed by atoms with Crippen LogP contribution in [0.5, 0.6) is 17.2 Å². The molecule has 18 heteroatoms. The van der Waals surface area contributed by atoms with Gasteiger partial charge in [-0.05, 0) is 55.9 Å². The van der Waals surface area contributed by atoms with Crippen LogP contribution in [0.15, 0.2) is 43.0 Å². The van der Waals surface area contributed by atoms with Crippen molar-refractivity contribution in [2.24, 2.45) is 29.4 Å². The van der Waals surface area contributed by atoms with Crippen molar-refractivity contribution in [1.29, 1.82) is 0 Å². The Bertz CT molecular complexity index is 1870. The molecule has 270 valence electrons.